The summed E-state index contributed by atoms with van der Waals surface area (Å²) in [6, 6.07) is 7.50. The first kappa shape index (κ1) is 28.2. The minimum absolute atomic E-state index is 0.236. The molecule has 0 saturated heterocycles. The van der Waals surface area contributed by atoms with E-state index in [4.69, 9.17) is 27.9 Å². The van der Waals surface area contributed by atoms with Crippen LogP contribution < -0.4 is 15.4 Å². The zero-order chi connectivity index (χ0) is 26.3. The van der Waals surface area contributed by atoms with Crippen molar-refractivity contribution in [3.63, 3.8) is 0 Å². The predicted molar refractivity (Wildman–Crippen MR) is 127 cm³/mol. The molecule has 0 aliphatic heterocycles. The Bertz CT molecular complexity index is 1120. The number of nitrogens with one attached hydrogen (secondary N) is 2. The number of ketones is 1. The van der Waals surface area contributed by atoms with Gasteiger partial charge in [-0.2, -0.15) is 13.2 Å². The van der Waals surface area contributed by atoms with Crippen LogP contribution in [-0.2, 0) is 14.4 Å². The molecule has 0 aliphatic rings. The Morgan fingerprint density at radius 3 is 2.26 bits per heavy atom. The number of amides is 2. The van der Waals surface area contributed by atoms with Crippen LogP contribution in [-0.4, -0.2) is 36.9 Å². The van der Waals surface area contributed by atoms with Gasteiger partial charge in [-0.1, -0.05) is 55.2 Å². The van der Waals surface area contributed by atoms with Gasteiger partial charge >= 0.3 is 6.18 Å². The summed E-state index contributed by atoms with van der Waals surface area (Å²) in [4.78, 5) is 37.5. The number of rotatable bonds is 9. The first-order valence-corrected chi connectivity index (χ1v) is 11.1. The van der Waals surface area contributed by atoms with E-state index in [1.165, 1.54) is 51.3 Å². The van der Waals surface area contributed by atoms with Crippen LogP contribution in [0.1, 0.15) is 31.0 Å². The fraction of sp³-hybridized carbons (Fsp3) is 0.292. The Morgan fingerprint density at radius 1 is 1.00 bits per heavy atom. The molecule has 0 spiro atoms. The number of hydrogen-bond donors (Lipinski definition) is 2. The lowest BCUT2D eigenvalue weighted by atomic mass is 9.98. The average molecular weight is 531 g/mol. The van der Waals surface area contributed by atoms with Gasteiger partial charge in [0.2, 0.25) is 11.8 Å². The van der Waals surface area contributed by atoms with Crippen LogP contribution in [0.15, 0.2) is 48.5 Å². The van der Waals surface area contributed by atoms with Crippen LogP contribution >= 0.6 is 23.2 Å². The molecule has 2 N–H and O–H groups in total. The van der Waals surface area contributed by atoms with Crippen molar-refractivity contribution >= 4 is 46.9 Å². The van der Waals surface area contributed by atoms with E-state index >= 15 is 0 Å². The maximum absolute atomic E-state index is 13.0. The van der Waals surface area contributed by atoms with Crippen LogP contribution in [0.4, 0.5) is 13.2 Å². The number of carbonyl (C=O) groups excluding carboxylic acids is 3. The van der Waals surface area contributed by atoms with Gasteiger partial charge in [0, 0.05) is 6.08 Å². The molecule has 0 aromatic heterocycles. The van der Waals surface area contributed by atoms with Crippen LogP contribution in [0.5, 0.6) is 5.75 Å². The molecule has 0 bridgehead atoms. The number of alkyl halides is 3. The van der Waals surface area contributed by atoms with Gasteiger partial charge in [-0.05, 0) is 47.4 Å². The first-order chi connectivity index (χ1) is 16.3. The molecule has 2 rings (SSSR count). The summed E-state index contributed by atoms with van der Waals surface area (Å²) in [5, 5.41) is 5.19. The largest absolute Gasteiger partial charge is 0.497 e. The summed E-state index contributed by atoms with van der Waals surface area (Å²) >= 11 is 11.8. The Hall–Kier alpha value is -3.04. The molecule has 0 unspecified atom stereocenters. The topological polar surface area (TPSA) is 84.5 Å². The van der Waals surface area contributed by atoms with Crippen LogP contribution in [0.25, 0.3) is 6.08 Å². The highest BCUT2D eigenvalue weighted by Crippen LogP contribution is 2.25. The molecule has 2 aromatic carbocycles. The van der Waals surface area contributed by atoms with Crippen molar-refractivity contribution in [1.29, 1.82) is 0 Å². The molecule has 35 heavy (non-hydrogen) atoms. The fourth-order valence-electron chi connectivity index (χ4n) is 3.05. The van der Waals surface area contributed by atoms with Gasteiger partial charge in [0.05, 0.1) is 23.2 Å². The van der Waals surface area contributed by atoms with E-state index in [1.54, 1.807) is 18.2 Å². The summed E-state index contributed by atoms with van der Waals surface area (Å²) in [6.07, 6.45) is -2.59. The summed E-state index contributed by atoms with van der Waals surface area (Å²) in [7, 11) is 1.39. The monoisotopic (exact) mass is 530 g/mol. The fourth-order valence-corrected chi connectivity index (χ4v) is 3.35. The van der Waals surface area contributed by atoms with Crippen LogP contribution in [0.3, 0.4) is 0 Å². The van der Waals surface area contributed by atoms with E-state index in [2.05, 4.69) is 10.6 Å². The molecule has 0 heterocycles. The number of ether oxygens (including phenoxy) is 1. The molecule has 0 aliphatic carbocycles. The highest BCUT2D eigenvalue weighted by atomic mass is 35.5. The van der Waals surface area contributed by atoms with Gasteiger partial charge in [0.15, 0.2) is 0 Å². The minimum Gasteiger partial charge on any atom is -0.497 e. The maximum atomic E-state index is 13.0. The van der Waals surface area contributed by atoms with Crippen molar-refractivity contribution in [1.82, 2.24) is 10.6 Å². The maximum Gasteiger partial charge on any atom is 0.452 e. The van der Waals surface area contributed by atoms with Crippen molar-refractivity contribution in [2.75, 3.05) is 7.11 Å². The predicted octanol–water partition coefficient (Wildman–Crippen LogP) is 5.14. The Labute approximate surface area is 210 Å². The molecule has 6 nitrogen and oxygen atoms in total. The number of methoxy groups -OCH3 is 1. The number of hydrogen-bond acceptors (Lipinski definition) is 4. The van der Waals surface area contributed by atoms with Gasteiger partial charge in [-0.3, -0.25) is 14.4 Å². The van der Waals surface area contributed by atoms with E-state index in [0.717, 1.165) is 6.08 Å². The van der Waals surface area contributed by atoms with Crippen molar-refractivity contribution in [3.8, 4) is 5.75 Å². The minimum atomic E-state index is -5.14. The molecule has 0 saturated carbocycles. The number of carbonyl (C=O) groups is 3. The van der Waals surface area contributed by atoms with E-state index < -0.39 is 41.8 Å². The van der Waals surface area contributed by atoms with Crippen molar-refractivity contribution < 1.29 is 32.3 Å². The quantitative estimate of drug-likeness (QED) is 0.439. The summed E-state index contributed by atoms with van der Waals surface area (Å²) in [5.41, 5.74) is 0.785. The smallest absolute Gasteiger partial charge is 0.452 e. The highest BCUT2D eigenvalue weighted by molar-refractivity contribution is 6.42. The van der Waals surface area contributed by atoms with E-state index in [1.807, 2.05) is 0 Å². The van der Waals surface area contributed by atoms with Gasteiger partial charge in [0.25, 0.3) is 5.78 Å². The molecule has 0 radical (unpaired) electrons. The van der Waals surface area contributed by atoms with Crippen molar-refractivity contribution in [3.05, 3.63) is 69.7 Å². The summed E-state index contributed by atoms with van der Waals surface area (Å²) < 4.78 is 44.3. The van der Waals surface area contributed by atoms with Crippen molar-refractivity contribution in [2.45, 2.75) is 32.1 Å². The molecule has 2 atom stereocenters. The third-order valence-electron chi connectivity index (χ3n) is 4.87. The lowest BCUT2D eigenvalue weighted by molar-refractivity contribution is -0.175. The Morgan fingerprint density at radius 2 is 1.69 bits per heavy atom. The average Bonchev–Trinajstić information content (AvgIpc) is 2.80. The third kappa shape index (κ3) is 8.00. The first-order valence-electron chi connectivity index (χ1n) is 10.3. The molecule has 0 fully saturated rings. The normalized spacial score (nSPS) is 13.4. The Balaban J connectivity index is 2.33. The zero-order valence-electron chi connectivity index (χ0n) is 19.0. The second-order valence-corrected chi connectivity index (χ2v) is 8.63. The second-order valence-electron chi connectivity index (χ2n) is 7.82. The number of Topliss-reactive ketones (excluding diaryl/α,β-unsaturated/α-hetero) is 1. The molecule has 2 amide bonds. The van der Waals surface area contributed by atoms with E-state index in [0.29, 0.717) is 16.3 Å². The Kier molecular flexibility index (Phi) is 9.73. The third-order valence-corrected chi connectivity index (χ3v) is 5.61. The van der Waals surface area contributed by atoms with E-state index in [9.17, 15) is 27.6 Å². The van der Waals surface area contributed by atoms with E-state index in [-0.39, 0.29) is 10.6 Å². The lowest BCUT2D eigenvalue weighted by Crippen LogP contribution is -2.52. The highest BCUT2D eigenvalue weighted by Gasteiger charge is 2.45. The summed E-state index contributed by atoms with van der Waals surface area (Å²) in [5.74, 6) is -4.30. The number of halogens is 5. The molecule has 11 heteroatoms. The molecular weight excluding hydrogens is 508 g/mol. The SMILES string of the molecule is COc1cccc([C@@H](NC(=O)/C=C/c2ccc(Cl)c(Cl)c2)C(=O)N[C@H](C(=O)C(F)(F)F)C(C)C)c1. The van der Waals surface area contributed by atoms with Crippen LogP contribution in [0, 0.1) is 5.92 Å². The lowest BCUT2D eigenvalue weighted by Gasteiger charge is -2.25. The summed E-state index contributed by atoms with van der Waals surface area (Å²) in [6.45, 7) is 2.74. The van der Waals surface area contributed by atoms with Crippen LogP contribution in [0.2, 0.25) is 10.0 Å². The van der Waals surface area contributed by atoms with Gasteiger partial charge in [0.1, 0.15) is 11.8 Å². The van der Waals surface area contributed by atoms with Gasteiger partial charge in [-0.25, -0.2) is 0 Å². The van der Waals surface area contributed by atoms with Gasteiger partial charge in [-0.15, -0.1) is 0 Å². The second kappa shape index (κ2) is 12.1. The van der Waals surface area contributed by atoms with Gasteiger partial charge < -0.3 is 15.4 Å². The van der Waals surface area contributed by atoms with Crippen molar-refractivity contribution in [2.24, 2.45) is 5.92 Å². The molecule has 188 valence electrons. The standard InChI is InChI=1S/C24H23Cl2F3N2O4/c1-13(2)20(22(33)24(27,28)29)31-23(34)21(15-5-4-6-16(12-15)35-3)30-19(32)10-8-14-7-9-17(25)18(26)11-14/h4-13,20-21H,1-3H3,(H,30,32)(H,31,34)/b10-8+/t20-,21+/m0/s1. The number of benzene rings is 2. The molecular formula is C24H23Cl2F3N2O4. The molecule has 2 aromatic rings. The zero-order valence-corrected chi connectivity index (χ0v) is 20.5.